The second-order valence-corrected chi connectivity index (χ2v) is 4.27. The minimum Gasteiger partial charge on any atom is -0.384 e. The van der Waals surface area contributed by atoms with Gasteiger partial charge in [0.25, 0.3) is 0 Å². The van der Waals surface area contributed by atoms with Crippen LogP contribution in [0.15, 0.2) is 18.3 Å². The molecule has 0 aromatic carbocycles. The number of nitrogen functional groups attached to an aromatic ring is 1. The third-order valence-electron chi connectivity index (χ3n) is 3.20. The molecule has 82 valence electrons. The predicted octanol–water partition coefficient (Wildman–Crippen LogP) is 2.04. The van der Waals surface area contributed by atoms with Gasteiger partial charge >= 0.3 is 0 Å². The smallest absolute Gasteiger partial charge is 0.123 e. The van der Waals surface area contributed by atoms with Crippen LogP contribution in [-0.4, -0.2) is 22.5 Å². The van der Waals surface area contributed by atoms with E-state index in [0.717, 1.165) is 12.6 Å². The Morgan fingerprint density at radius 1 is 1.53 bits per heavy atom. The van der Waals surface area contributed by atoms with Crippen molar-refractivity contribution in [2.24, 2.45) is 0 Å². The van der Waals surface area contributed by atoms with Gasteiger partial charge in [0, 0.05) is 18.8 Å². The first kappa shape index (κ1) is 10.4. The quantitative estimate of drug-likeness (QED) is 0.821. The van der Waals surface area contributed by atoms with Gasteiger partial charge < -0.3 is 5.73 Å². The normalized spacial score (nSPS) is 22.1. The lowest BCUT2D eigenvalue weighted by molar-refractivity contribution is 0.240. The zero-order chi connectivity index (χ0) is 10.7. The number of aromatic nitrogens is 1. The van der Waals surface area contributed by atoms with E-state index >= 15 is 0 Å². The lowest BCUT2D eigenvalue weighted by Gasteiger charge is -2.23. The number of hydrogen-bond acceptors (Lipinski definition) is 3. The van der Waals surface area contributed by atoms with Gasteiger partial charge in [0.1, 0.15) is 5.82 Å². The largest absolute Gasteiger partial charge is 0.384 e. The number of pyridine rings is 1. The molecule has 0 radical (unpaired) electrons. The van der Waals surface area contributed by atoms with Crippen LogP contribution in [0.25, 0.3) is 0 Å². The van der Waals surface area contributed by atoms with Crippen molar-refractivity contribution < 1.29 is 0 Å². The molecule has 1 aromatic rings. The number of hydrogen-bond donors (Lipinski definition) is 1. The Morgan fingerprint density at radius 3 is 3.07 bits per heavy atom. The van der Waals surface area contributed by atoms with E-state index in [4.69, 9.17) is 5.73 Å². The predicted molar refractivity (Wildman–Crippen MR) is 62.4 cm³/mol. The number of likely N-dealkylation sites (tertiary alicyclic amines) is 1. The van der Waals surface area contributed by atoms with Crippen LogP contribution < -0.4 is 5.73 Å². The Morgan fingerprint density at radius 2 is 2.40 bits per heavy atom. The molecule has 0 saturated carbocycles. The van der Waals surface area contributed by atoms with Gasteiger partial charge in [-0.05, 0) is 37.4 Å². The van der Waals surface area contributed by atoms with E-state index in [2.05, 4.69) is 22.9 Å². The first-order chi connectivity index (χ1) is 7.29. The van der Waals surface area contributed by atoms with E-state index in [-0.39, 0.29) is 0 Å². The third-order valence-corrected chi connectivity index (χ3v) is 3.20. The highest BCUT2D eigenvalue weighted by atomic mass is 15.2. The molecule has 3 nitrogen and oxygen atoms in total. The SMILES string of the molecule is CCC1CCCN1Cc1ccc(N)nc1. The molecular weight excluding hydrogens is 186 g/mol. The number of anilines is 1. The molecule has 1 aliphatic rings. The molecule has 0 aliphatic carbocycles. The van der Waals surface area contributed by atoms with Gasteiger partial charge in [-0.3, -0.25) is 4.90 Å². The molecule has 1 aliphatic heterocycles. The van der Waals surface area contributed by atoms with E-state index < -0.39 is 0 Å². The van der Waals surface area contributed by atoms with Crippen molar-refractivity contribution >= 4 is 5.82 Å². The number of nitrogens with two attached hydrogens (primary N) is 1. The fourth-order valence-corrected chi connectivity index (χ4v) is 2.33. The highest BCUT2D eigenvalue weighted by molar-refractivity contribution is 5.29. The van der Waals surface area contributed by atoms with Gasteiger partial charge in [-0.15, -0.1) is 0 Å². The monoisotopic (exact) mass is 205 g/mol. The lowest BCUT2D eigenvalue weighted by atomic mass is 10.1. The van der Waals surface area contributed by atoms with Crippen molar-refractivity contribution in [3.05, 3.63) is 23.9 Å². The maximum Gasteiger partial charge on any atom is 0.123 e. The molecule has 15 heavy (non-hydrogen) atoms. The third kappa shape index (κ3) is 2.48. The summed E-state index contributed by atoms with van der Waals surface area (Å²) >= 11 is 0. The van der Waals surface area contributed by atoms with Crippen LogP contribution >= 0.6 is 0 Å². The van der Waals surface area contributed by atoms with E-state index in [0.29, 0.717) is 5.82 Å². The number of rotatable bonds is 3. The minimum atomic E-state index is 0.604. The highest BCUT2D eigenvalue weighted by Crippen LogP contribution is 2.21. The molecule has 0 spiro atoms. The average Bonchev–Trinajstić information content (AvgIpc) is 2.69. The van der Waals surface area contributed by atoms with Crippen LogP contribution in [0.3, 0.4) is 0 Å². The van der Waals surface area contributed by atoms with Crippen molar-refractivity contribution in [3.63, 3.8) is 0 Å². The van der Waals surface area contributed by atoms with Crippen LogP contribution in [-0.2, 0) is 6.54 Å². The average molecular weight is 205 g/mol. The van der Waals surface area contributed by atoms with Gasteiger partial charge in [0.2, 0.25) is 0 Å². The summed E-state index contributed by atoms with van der Waals surface area (Å²) in [6, 6.07) is 4.72. The van der Waals surface area contributed by atoms with Gasteiger partial charge in [-0.1, -0.05) is 13.0 Å². The van der Waals surface area contributed by atoms with Crippen LogP contribution in [0, 0.1) is 0 Å². The van der Waals surface area contributed by atoms with Crippen molar-refractivity contribution in [2.75, 3.05) is 12.3 Å². The zero-order valence-electron chi connectivity index (χ0n) is 9.32. The van der Waals surface area contributed by atoms with E-state index in [1.165, 1.54) is 31.4 Å². The van der Waals surface area contributed by atoms with Gasteiger partial charge in [0.15, 0.2) is 0 Å². The maximum atomic E-state index is 5.56. The molecular formula is C12H19N3. The second-order valence-electron chi connectivity index (χ2n) is 4.27. The summed E-state index contributed by atoms with van der Waals surface area (Å²) in [7, 11) is 0. The number of nitrogens with zero attached hydrogens (tertiary/aromatic N) is 2. The van der Waals surface area contributed by atoms with Gasteiger partial charge in [-0.25, -0.2) is 4.98 Å². The van der Waals surface area contributed by atoms with Gasteiger partial charge in [0.05, 0.1) is 0 Å². The summed E-state index contributed by atoms with van der Waals surface area (Å²) in [4.78, 5) is 6.67. The summed E-state index contributed by atoms with van der Waals surface area (Å²) in [6.45, 7) is 4.51. The van der Waals surface area contributed by atoms with E-state index in [9.17, 15) is 0 Å². The summed E-state index contributed by atoms with van der Waals surface area (Å²) in [5.41, 5.74) is 6.83. The maximum absolute atomic E-state index is 5.56. The Labute approximate surface area is 91.3 Å². The Hall–Kier alpha value is -1.09. The summed E-state index contributed by atoms with van der Waals surface area (Å²) in [5, 5.41) is 0. The van der Waals surface area contributed by atoms with Crippen LogP contribution in [0.1, 0.15) is 31.7 Å². The molecule has 2 N–H and O–H groups in total. The van der Waals surface area contributed by atoms with Crippen molar-refractivity contribution in [1.82, 2.24) is 9.88 Å². The molecule has 0 bridgehead atoms. The Kier molecular flexibility index (Phi) is 3.21. The summed E-state index contributed by atoms with van der Waals surface area (Å²) < 4.78 is 0. The molecule has 2 heterocycles. The zero-order valence-corrected chi connectivity index (χ0v) is 9.32. The topological polar surface area (TPSA) is 42.1 Å². The van der Waals surface area contributed by atoms with Crippen LogP contribution in [0.5, 0.6) is 0 Å². The Bertz CT molecular complexity index is 307. The van der Waals surface area contributed by atoms with Gasteiger partial charge in [-0.2, -0.15) is 0 Å². The first-order valence-corrected chi connectivity index (χ1v) is 5.74. The molecule has 3 heteroatoms. The molecule has 1 fully saturated rings. The fourth-order valence-electron chi connectivity index (χ4n) is 2.33. The van der Waals surface area contributed by atoms with E-state index in [1.54, 1.807) is 0 Å². The van der Waals surface area contributed by atoms with Crippen LogP contribution in [0.4, 0.5) is 5.82 Å². The molecule has 1 aromatic heterocycles. The molecule has 1 atom stereocenters. The van der Waals surface area contributed by atoms with Crippen molar-refractivity contribution in [1.29, 1.82) is 0 Å². The van der Waals surface area contributed by atoms with Crippen LogP contribution in [0.2, 0.25) is 0 Å². The standard InChI is InChI=1S/C12H19N3/c1-2-11-4-3-7-15(11)9-10-5-6-12(13)14-8-10/h5-6,8,11H,2-4,7,9H2,1H3,(H2,13,14). The summed E-state index contributed by atoms with van der Waals surface area (Å²) in [6.07, 6.45) is 5.82. The molecule has 2 rings (SSSR count). The molecule has 0 amide bonds. The molecule has 1 saturated heterocycles. The minimum absolute atomic E-state index is 0.604. The first-order valence-electron chi connectivity index (χ1n) is 5.74. The van der Waals surface area contributed by atoms with Crippen molar-refractivity contribution in [2.45, 2.75) is 38.8 Å². The second kappa shape index (κ2) is 4.62. The summed E-state index contributed by atoms with van der Waals surface area (Å²) in [5.74, 6) is 0.604. The fraction of sp³-hybridized carbons (Fsp3) is 0.583. The van der Waals surface area contributed by atoms with Crippen molar-refractivity contribution in [3.8, 4) is 0 Å². The molecule has 1 unspecified atom stereocenters. The highest BCUT2D eigenvalue weighted by Gasteiger charge is 2.22. The van der Waals surface area contributed by atoms with E-state index in [1.807, 2.05) is 12.3 Å². The lowest BCUT2D eigenvalue weighted by Crippen LogP contribution is -2.28. The Balaban J connectivity index is 1.99.